The van der Waals surface area contributed by atoms with E-state index in [1.165, 1.54) is 19.3 Å². The lowest BCUT2D eigenvalue weighted by molar-refractivity contribution is -0.123. The fourth-order valence-electron chi connectivity index (χ4n) is 2.77. The maximum absolute atomic E-state index is 12.3. The maximum Gasteiger partial charge on any atom is 0.243 e. The molecule has 0 bridgehead atoms. The van der Waals surface area contributed by atoms with Gasteiger partial charge in [0.25, 0.3) is 0 Å². The third kappa shape index (κ3) is 9.11. The number of anilines is 3. The van der Waals surface area contributed by atoms with E-state index in [0.29, 0.717) is 12.3 Å². The van der Waals surface area contributed by atoms with Gasteiger partial charge in [0, 0.05) is 22.5 Å². The average Bonchev–Trinajstić information content (AvgIpc) is 2.73. The predicted molar refractivity (Wildman–Crippen MR) is 128 cm³/mol. The highest BCUT2D eigenvalue weighted by atomic mass is 16.5. The van der Waals surface area contributed by atoms with Gasteiger partial charge >= 0.3 is 0 Å². The first-order valence-corrected chi connectivity index (χ1v) is 11.0. The van der Waals surface area contributed by atoms with Gasteiger partial charge in [0.2, 0.25) is 11.8 Å². The van der Waals surface area contributed by atoms with Gasteiger partial charge < -0.3 is 20.7 Å². The van der Waals surface area contributed by atoms with E-state index < -0.39 is 5.41 Å². The molecule has 0 aliphatic carbocycles. The highest BCUT2D eigenvalue weighted by Gasteiger charge is 2.21. The monoisotopic (exact) mass is 425 g/mol. The zero-order valence-corrected chi connectivity index (χ0v) is 19.1. The van der Waals surface area contributed by atoms with Gasteiger partial charge in [0.1, 0.15) is 5.75 Å². The summed E-state index contributed by atoms with van der Waals surface area (Å²) in [7, 11) is 0. The molecule has 31 heavy (non-hydrogen) atoms. The van der Waals surface area contributed by atoms with Gasteiger partial charge in [-0.15, -0.1) is 0 Å². The van der Waals surface area contributed by atoms with E-state index in [-0.39, 0.29) is 18.4 Å². The summed E-state index contributed by atoms with van der Waals surface area (Å²) in [6.45, 7) is 8.61. The third-order valence-corrected chi connectivity index (χ3v) is 4.66. The van der Waals surface area contributed by atoms with Gasteiger partial charge in [-0.2, -0.15) is 0 Å². The van der Waals surface area contributed by atoms with E-state index in [1.54, 1.807) is 0 Å². The lowest BCUT2D eigenvalue weighted by atomic mass is 9.95. The SMILES string of the molecule is CCCCCCOc1ccc(NC(=O)CNc2cccc(NC(=O)C(C)(C)C)c2)cc1. The van der Waals surface area contributed by atoms with Crippen LogP contribution in [0.5, 0.6) is 5.75 Å². The molecule has 0 unspecified atom stereocenters. The van der Waals surface area contributed by atoms with Crippen LogP contribution in [0.4, 0.5) is 17.1 Å². The van der Waals surface area contributed by atoms with Gasteiger partial charge in [-0.1, -0.05) is 53.0 Å². The first-order valence-electron chi connectivity index (χ1n) is 11.0. The summed E-state index contributed by atoms with van der Waals surface area (Å²) in [4.78, 5) is 24.4. The Hall–Kier alpha value is -3.02. The van der Waals surface area contributed by atoms with Crippen LogP contribution in [0.1, 0.15) is 53.4 Å². The van der Waals surface area contributed by atoms with Gasteiger partial charge in [0.05, 0.1) is 13.2 Å². The number of amides is 2. The van der Waals surface area contributed by atoms with Crippen molar-refractivity contribution in [2.24, 2.45) is 5.41 Å². The molecule has 0 aromatic heterocycles. The predicted octanol–water partition coefficient (Wildman–Crippen LogP) is 5.68. The molecule has 0 saturated carbocycles. The van der Waals surface area contributed by atoms with Crippen LogP contribution in [0.25, 0.3) is 0 Å². The fraction of sp³-hybridized carbons (Fsp3) is 0.440. The normalized spacial score (nSPS) is 11.0. The number of hydrogen-bond donors (Lipinski definition) is 3. The van der Waals surface area contributed by atoms with Gasteiger partial charge in [-0.25, -0.2) is 0 Å². The Balaban J connectivity index is 1.78. The van der Waals surface area contributed by atoms with E-state index >= 15 is 0 Å². The van der Waals surface area contributed by atoms with E-state index in [2.05, 4.69) is 22.9 Å². The highest BCUT2D eigenvalue weighted by molar-refractivity contribution is 5.95. The number of carbonyl (C=O) groups is 2. The molecule has 2 rings (SSSR count). The van der Waals surface area contributed by atoms with Gasteiger partial charge in [-0.3, -0.25) is 9.59 Å². The third-order valence-electron chi connectivity index (χ3n) is 4.66. The van der Waals surface area contributed by atoms with Gasteiger partial charge in [-0.05, 0) is 48.9 Å². The van der Waals surface area contributed by atoms with Crippen LogP contribution < -0.4 is 20.7 Å². The molecular formula is C25H35N3O3. The zero-order valence-electron chi connectivity index (χ0n) is 19.1. The Morgan fingerprint density at radius 3 is 2.26 bits per heavy atom. The Labute approximate surface area is 185 Å². The van der Waals surface area contributed by atoms with Crippen LogP contribution in [-0.2, 0) is 9.59 Å². The van der Waals surface area contributed by atoms with Crippen molar-refractivity contribution >= 4 is 28.9 Å². The minimum Gasteiger partial charge on any atom is -0.494 e. The van der Waals surface area contributed by atoms with Crippen LogP contribution in [0.3, 0.4) is 0 Å². The number of hydrogen-bond acceptors (Lipinski definition) is 4. The standard InChI is InChI=1S/C25H35N3O3/c1-5-6-7-8-16-31-22-14-12-19(13-15-22)27-23(29)18-26-20-10-9-11-21(17-20)28-24(30)25(2,3)4/h9-15,17,26H,5-8,16,18H2,1-4H3,(H,27,29)(H,28,30). The number of rotatable bonds is 11. The first kappa shape index (κ1) is 24.3. The first-order chi connectivity index (χ1) is 14.8. The molecule has 0 radical (unpaired) electrons. The number of nitrogens with one attached hydrogen (secondary N) is 3. The van der Waals surface area contributed by atoms with E-state index in [4.69, 9.17) is 4.74 Å². The summed E-state index contributed by atoms with van der Waals surface area (Å²) >= 11 is 0. The quantitative estimate of drug-likeness (QED) is 0.405. The van der Waals surface area contributed by atoms with E-state index in [9.17, 15) is 9.59 Å². The molecule has 2 aromatic carbocycles. The molecular weight excluding hydrogens is 390 g/mol. The molecule has 0 fully saturated rings. The molecule has 2 amide bonds. The van der Waals surface area contributed by atoms with E-state index in [1.807, 2.05) is 69.3 Å². The molecule has 0 aliphatic rings. The number of carbonyl (C=O) groups excluding carboxylic acids is 2. The van der Waals surface area contributed by atoms with Crippen molar-refractivity contribution in [3.63, 3.8) is 0 Å². The summed E-state index contributed by atoms with van der Waals surface area (Å²) in [5, 5.41) is 8.84. The second-order valence-corrected chi connectivity index (χ2v) is 8.62. The summed E-state index contributed by atoms with van der Waals surface area (Å²) in [5.74, 6) is 0.592. The molecule has 6 nitrogen and oxygen atoms in total. The molecule has 6 heteroatoms. The van der Waals surface area contributed by atoms with Crippen molar-refractivity contribution in [1.82, 2.24) is 0 Å². The summed E-state index contributed by atoms with van der Waals surface area (Å²) in [6.07, 6.45) is 4.68. The van der Waals surface area contributed by atoms with Crippen LogP contribution in [0.15, 0.2) is 48.5 Å². The topological polar surface area (TPSA) is 79.5 Å². The lowest BCUT2D eigenvalue weighted by Gasteiger charge is -2.18. The van der Waals surface area contributed by atoms with Crippen molar-refractivity contribution < 1.29 is 14.3 Å². The molecule has 0 heterocycles. The van der Waals surface area contributed by atoms with Crippen LogP contribution >= 0.6 is 0 Å². The smallest absolute Gasteiger partial charge is 0.243 e. The molecule has 0 atom stereocenters. The lowest BCUT2D eigenvalue weighted by Crippen LogP contribution is -2.27. The number of benzene rings is 2. The van der Waals surface area contributed by atoms with Crippen LogP contribution in [0, 0.1) is 5.41 Å². The van der Waals surface area contributed by atoms with E-state index in [0.717, 1.165) is 23.5 Å². The fourth-order valence-corrected chi connectivity index (χ4v) is 2.77. The second kappa shape index (κ2) is 12.0. The van der Waals surface area contributed by atoms with Crippen molar-refractivity contribution in [2.75, 3.05) is 29.1 Å². The minimum absolute atomic E-state index is 0.0595. The van der Waals surface area contributed by atoms with Crippen molar-refractivity contribution in [2.45, 2.75) is 53.4 Å². The summed E-state index contributed by atoms with van der Waals surface area (Å²) in [5.41, 5.74) is 1.69. The summed E-state index contributed by atoms with van der Waals surface area (Å²) in [6, 6.07) is 14.7. The Morgan fingerprint density at radius 2 is 1.58 bits per heavy atom. The van der Waals surface area contributed by atoms with Crippen LogP contribution in [-0.4, -0.2) is 25.0 Å². The maximum atomic E-state index is 12.3. The highest BCUT2D eigenvalue weighted by Crippen LogP contribution is 2.20. The van der Waals surface area contributed by atoms with Crippen molar-refractivity contribution in [1.29, 1.82) is 0 Å². The molecule has 0 aliphatic heterocycles. The number of ether oxygens (including phenoxy) is 1. The Morgan fingerprint density at radius 1 is 0.871 bits per heavy atom. The number of unbranched alkanes of at least 4 members (excludes halogenated alkanes) is 3. The molecule has 2 aromatic rings. The Bertz CT molecular complexity index is 842. The summed E-state index contributed by atoms with van der Waals surface area (Å²) < 4.78 is 5.72. The molecule has 168 valence electrons. The second-order valence-electron chi connectivity index (χ2n) is 8.62. The largest absolute Gasteiger partial charge is 0.494 e. The van der Waals surface area contributed by atoms with Crippen LogP contribution in [0.2, 0.25) is 0 Å². The Kier molecular flexibility index (Phi) is 9.38. The molecule has 0 spiro atoms. The van der Waals surface area contributed by atoms with Crippen molar-refractivity contribution in [3.05, 3.63) is 48.5 Å². The van der Waals surface area contributed by atoms with Crippen molar-refractivity contribution in [3.8, 4) is 5.75 Å². The average molecular weight is 426 g/mol. The van der Waals surface area contributed by atoms with Gasteiger partial charge in [0.15, 0.2) is 0 Å². The molecule has 0 saturated heterocycles. The molecule has 3 N–H and O–H groups in total. The minimum atomic E-state index is -0.473. The zero-order chi connectivity index (χ0) is 22.7.